The summed E-state index contributed by atoms with van der Waals surface area (Å²) in [5, 5.41) is 11.8. The predicted molar refractivity (Wildman–Crippen MR) is 103 cm³/mol. The highest BCUT2D eigenvalue weighted by Crippen LogP contribution is 2.37. The van der Waals surface area contributed by atoms with E-state index in [2.05, 4.69) is 49.2 Å². The minimum Gasteiger partial charge on any atom is -0.507 e. The average molecular weight is 321 g/mol. The van der Waals surface area contributed by atoms with E-state index in [1.807, 2.05) is 12.1 Å². The number of aromatic amines is 1. The Morgan fingerprint density at radius 2 is 1.75 bits per heavy atom. The Morgan fingerprint density at radius 1 is 0.917 bits per heavy atom. The molecule has 3 aromatic rings. The van der Waals surface area contributed by atoms with E-state index in [0.29, 0.717) is 5.75 Å². The quantitative estimate of drug-likeness (QED) is 0.497. The molecule has 24 heavy (non-hydrogen) atoms. The van der Waals surface area contributed by atoms with Gasteiger partial charge in [0.05, 0.1) is 5.69 Å². The first kappa shape index (κ1) is 16.6. The summed E-state index contributed by atoms with van der Waals surface area (Å²) in [5.41, 5.74) is 5.83. The maximum atomic E-state index is 10.6. The number of hydrogen-bond acceptors (Lipinski definition) is 1. The van der Waals surface area contributed by atoms with Crippen molar-refractivity contribution in [3.8, 4) is 17.0 Å². The van der Waals surface area contributed by atoms with Crippen LogP contribution in [0.3, 0.4) is 0 Å². The van der Waals surface area contributed by atoms with Crippen molar-refractivity contribution in [1.82, 2.24) is 4.98 Å². The number of para-hydroxylation sites is 1. The van der Waals surface area contributed by atoms with Gasteiger partial charge in [-0.3, -0.25) is 0 Å². The predicted octanol–water partition coefficient (Wildman–Crippen LogP) is 6.23. The number of H-pyrrole nitrogens is 1. The summed E-state index contributed by atoms with van der Waals surface area (Å²) < 4.78 is 0. The van der Waals surface area contributed by atoms with Gasteiger partial charge in [-0.25, -0.2) is 0 Å². The number of aromatic hydroxyl groups is 1. The van der Waals surface area contributed by atoms with Gasteiger partial charge in [-0.2, -0.15) is 0 Å². The zero-order valence-corrected chi connectivity index (χ0v) is 14.7. The summed E-state index contributed by atoms with van der Waals surface area (Å²) >= 11 is 0. The molecule has 2 nitrogen and oxygen atoms in total. The van der Waals surface area contributed by atoms with E-state index < -0.39 is 0 Å². The molecule has 0 amide bonds. The maximum absolute atomic E-state index is 10.6. The smallest absolute Gasteiger partial charge is 0.125 e. The van der Waals surface area contributed by atoms with E-state index in [9.17, 15) is 5.11 Å². The van der Waals surface area contributed by atoms with Crippen LogP contribution in [-0.4, -0.2) is 10.1 Å². The number of hydrogen-bond donors (Lipinski definition) is 2. The van der Waals surface area contributed by atoms with Crippen molar-refractivity contribution in [2.45, 2.75) is 52.4 Å². The highest BCUT2D eigenvalue weighted by atomic mass is 16.3. The van der Waals surface area contributed by atoms with Crippen LogP contribution in [0.15, 0.2) is 42.5 Å². The van der Waals surface area contributed by atoms with Gasteiger partial charge in [0.25, 0.3) is 0 Å². The van der Waals surface area contributed by atoms with Gasteiger partial charge >= 0.3 is 0 Å². The van der Waals surface area contributed by atoms with Crippen LogP contribution < -0.4 is 0 Å². The highest BCUT2D eigenvalue weighted by Gasteiger charge is 2.16. The van der Waals surface area contributed by atoms with Gasteiger partial charge in [-0.1, -0.05) is 57.4 Å². The fraction of sp³-hybridized carbons (Fsp3) is 0.364. The number of phenols is 1. The molecule has 1 aromatic heterocycles. The van der Waals surface area contributed by atoms with Crippen molar-refractivity contribution in [2.75, 3.05) is 0 Å². The summed E-state index contributed by atoms with van der Waals surface area (Å²) in [6, 6.07) is 14.4. The Kier molecular flexibility index (Phi) is 5.24. The molecule has 0 aliphatic heterocycles. The highest BCUT2D eigenvalue weighted by molar-refractivity contribution is 5.88. The first-order valence-electron chi connectivity index (χ1n) is 9.16. The van der Waals surface area contributed by atoms with E-state index in [1.54, 1.807) is 0 Å². The topological polar surface area (TPSA) is 36.0 Å². The van der Waals surface area contributed by atoms with E-state index in [-0.39, 0.29) is 0 Å². The van der Waals surface area contributed by atoms with Crippen LogP contribution in [0.5, 0.6) is 5.75 Å². The third kappa shape index (κ3) is 3.33. The number of phenolic OH excluding ortho intramolecular Hbond substituents is 1. The largest absolute Gasteiger partial charge is 0.507 e. The number of unbranched alkanes of at least 4 members (excludes halogenated alkanes) is 2. The second-order valence-corrected chi connectivity index (χ2v) is 6.57. The number of nitrogens with one attached hydrogen (secondary N) is 1. The third-order valence-electron chi connectivity index (χ3n) is 4.74. The summed E-state index contributed by atoms with van der Waals surface area (Å²) in [7, 11) is 0. The second-order valence-electron chi connectivity index (χ2n) is 6.57. The van der Waals surface area contributed by atoms with Crippen LogP contribution in [0.2, 0.25) is 0 Å². The molecule has 0 fully saturated rings. The monoisotopic (exact) mass is 321 g/mol. The van der Waals surface area contributed by atoms with Crippen LogP contribution >= 0.6 is 0 Å². The molecule has 0 aliphatic rings. The normalized spacial score (nSPS) is 11.2. The van der Waals surface area contributed by atoms with Crippen LogP contribution in [0.25, 0.3) is 22.2 Å². The number of aromatic nitrogens is 1. The zero-order valence-electron chi connectivity index (χ0n) is 14.7. The van der Waals surface area contributed by atoms with Crippen molar-refractivity contribution >= 4 is 10.9 Å². The van der Waals surface area contributed by atoms with Gasteiger partial charge in [0.1, 0.15) is 5.75 Å². The summed E-state index contributed by atoms with van der Waals surface area (Å²) in [6.07, 6.45) is 6.83. The summed E-state index contributed by atoms with van der Waals surface area (Å²) in [4.78, 5) is 3.49. The van der Waals surface area contributed by atoms with Crippen LogP contribution in [0.4, 0.5) is 0 Å². The summed E-state index contributed by atoms with van der Waals surface area (Å²) in [6.45, 7) is 4.44. The molecule has 0 saturated carbocycles. The Bertz CT molecular complexity index is 783. The second kappa shape index (κ2) is 7.57. The molecule has 2 N–H and O–H groups in total. The molecule has 0 aliphatic carbocycles. The first-order chi connectivity index (χ1) is 11.7. The van der Waals surface area contributed by atoms with E-state index in [4.69, 9.17) is 0 Å². The van der Waals surface area contributed by atoms with E-state index in [0.717, 1.165) is 36.0 Å². The molecular formula is C22H27NO. The van der Waals surface area contributed by atoms with E-state index in [1.165, 1.54) is 35.8 Å². The Hall–Kier alpha value is -2.22. The number of benzene rings is 2. The Labute approximate surface area is 144 Å². The van der Waals surface area contributed by atoms with Crippen molar-refractivity contribution in [2.24, 2.45) is 0 Å². The molecule has 1 heterocycles. The van der Waals surface area contributed by atoms with Crippen LogP contribution in [-0.2, 0) is 12.8 Å². The van der Waals surface area contributed by atoms with Gasteiger partial charge in [0, 0.05) is 16.5 Å². The SMILES string of the molecule is CCCCCc1c(CCC)ccc(O)c1-c1cc2ccccc2[nH]1. The molecule has 0 atom stereocenters. The molecule has 3 rings (SSSR count). The minimum atomic E-state index is 0.382. The standard InChI is InChI=1S/C22H27NO/c1-3-5-6-11-18-16(9-4-2)13-14-21(24)22(18)20-15-17-10-7-8-12-19(17)23-20/h7-8,10,12-15,23-24H,3-6,9,11H2,1-2H3. The van der Waals surface area contributed by atoms with E-state index >= 15 is 0 Å². The molecule has 0 saturated heterocycles. The number of fused-ring (bicyclic) bond motifs is 1. The van der Waals surface area contributed by atoms with Gasteiger partial charge < -0.3 is 10.1 Å². The first-order valence-corrected chi connectivity index (χ1v) is 9.16. The molecule has 2 aromatic carbocycles. The lowest BCUT2D eigenvalue weighted by Gasteiger charge is -2.16. The molecule has 0 radical (unpaired) electrons. The van der Waals surface area contributed by atoms with Crippen molar-refractivity contribution in [3.05, 3.63) is 53.6 Å². The van der Waals surface area contributed by atoms with Crippen LogP contribution in [0.1, 0.15) is 50.7 Å². The number of rotatable bonds is 7. The molecule has 2 heteroatoms. The molecular weight excluding hydrogens is 294 g/mol. The fourth-order valence-electron chi connectivity index (χ4n) is 3.53. The lowest BCUT2D eigenvalue weighted by Crippen LogP contribution is -1.99. The van der Waals surface area contributed by atoms with Crippen molar-refractivity contribution in [1.29, 1.82) is 0 Å². The third-order valence-corrected chi connectivity index (χ3v) is 4.74. The van der Waals surface area contributed by atoms with Crippen LogP contribution in [0, 0.1) is 0 Å². The van der Waals surface area contributed by atoms with Gasteiger partial charge in [-0.15, -0.1) is 0 Å². The Morgan fingerprint density at radius 3 is 2.50 bits per heavy atom. The zero-order chi connectivity index (χ0) is 16.9. The van der Waals surface area contributed by atoms with Crippen molar-refractivity contribution < 1.29 is 5.11 Å². The number of aryl methyl sites for hydroxylation is 1. The Balaban J connectivity index is 2.11. The fourth-order valence-corrected chi connectivity index (χ4v) is 3.53. The summed E-state index contributed by atoms with van der Waals surface area (Å²) in [5.74, 6) is 0.382. The average Bonchev–Trinajstić information content (AvgIpc) is 3.01. The minimum absolute atomic E-state index is 0.382. The van der Waals surface area contributed by atoms with Crippen molar-refractivity contribution in [3.63, 3.8) is 0 Å². The van der Waals surface area contributed by atoms with Gasteiger partial charge in [0.2, 0.25) is 0 Å². The van der Waals surface area contributed by atoms with Gasteiger partial charge in [0.15, 0.2) is 0 Å². The molecule has 126 valence electrons. The lowest BCUT2D eigenvalue weighted by molar-refractivity contribution is 0.476. The molecule has 0 unspecified atom stereocenters. The lowest BCUT2D eigenvalue weighted by atomic mass is 9.91. The molecule has 0 bridgehead atoms. The maximum Gasteiger partial charge on any atom is 0.125 e. The molecule has 0 spiro atoms. The van der Waals surface area contributed by atoms with Gasteiger partial charge in [-0.05, 0) is 48.6 Å².